The molecule has 0 atom stereocenters. The van der Waals surface area contributed by atoms with Gasteiger partial charge in [0, 0.05) is 25.8 Å². The molecule has 0 aliphatic rings. The van der Waals surface area contributed by atoms with E-state index >= 15 is 0 Å². The van der Waals surface area contributed by atoms with E-state index in [1.807, 2.05) is 13.3 Å². The molecule has 0 fully saturated rings. The number of carbonyl (C=O) groups is 1. The fourth-order valence-corrected chi connectivity index (χ4v) is 1.21. The lowest BCUT2D eigenvalue weighted by molar-refractivity contribution is -0.129. The average molecular weight is 190 g/mol. The second-order valence-corrected chi connectivity index (χ2v) is 3.69. The standard InChI is InChI=1S/C8H18N2OS/c1-10(6-3-5-9)8(11)4-7-12-2/h3-7,9H2,1-2H3. The van der Waals surface area contributed by atoms with Crippen LogP contribution in [0.15, 0.2) is 0 Å². The molecule has 0 radical (unpaired) electrons. The van der Waals surface area contributed by atoms with Gasteiger partial charge in [-0.2, -0.15) is 11.8 Å². The van der Waals surface area contributed by atoms with Gasteiger partial charge < -0.3 is 10.6 Å². The van der Waals surface area contributed by atoms with Crippen molar-refractivity contribution in [2.75, 3.05) is 32.1 Å². The quantitative estimate of drug-likeness (QED) is 0.665. The predicted molar refractivity (Wildman–Crippen MR) is 54.3 cm³/mol. The van der Waals surface area contributed by atoms with Gasteiger partial charge in [-0.1, -0.05) is 0 Å². The summed E-state index contributed by atoms with van der Waals surface area (Å²) in [7, 11) is 1.83. The molecule has 0 rings (SSSR count). The summed E-state index contributed by atoms with van der Waals surface area (Å²) in [5, 5.41) is 0. The van der Waals surface area contributed by atoms with Crippen molar-refractivity contribution in [3.8, 4) is 0 Å². The summed E-state index contributed by atoms with van der Waals surface area (Å²) in [6.45, 7) is 1.43. The third-order valence-corrected chi connectivity index (χ3v) is 2.26. The van der Waals surface area contributed by atoms with Crippen molar-refractivity contribution in [2.24, 2.45) is 5.73 Å². The van der Waals surface area contributed by atoms with Gasteiger partial charge in [0.1, 0.15) is 0 Å². The maximum Gasteiger partial charge on any atom is 0.223 e. The molecule has 0 aromatic heterocycles. The van der Waals surface area contributed by atoms with Gasteiger partial charge in [0.2, 0.25) is 5.91 Å². The monoisotopic (exact) mass is 190 g/mol. The van der Waals surface area contributed by atoms with Crippen LogP contribution in [0, 0.1) is 0 Å². The van der Waals surface area contributed by atoms with Crippen LogP contribution in [-0.2, 0) is 4.79 Å². The molecule has 0 spiro atoms. The number of hydrogen-bond donors (Lipinski definition) is 1. The van der Waals surface area contributed by atoms with Gasteiger partial charge in [0.25, 0.3) is 0 Å². The number of nitrogens with two attached hydrogens (primary N) is 1. The largest absolute Gasteiger partial charge is 0.346 e. The summed E-state index contributed by atoms with van der Waals surface area (Å²) in [6, 6.07) is 0. The lowest BCUT2D eigenvalue weighted by Gasteiger charge is -2.15. The fourth-order valence-electron chi connectivity index (χ4n) is 0.833. The lowest BCUT2D eigenvalue weighted by atomic mass is 10.3. The highest BCUT2D eigenvalue weighted by atomic mass is 32.2. The first kappa shape index (κ1) is 11.8. The van der Waals surface area contributed by atoms with Crippen molar-refractivity contribution in [2.45, 2.75) is 12.8 Å². The highest BCUT2D eigenvalue weighted by Gasteiger charge is 2.06. The van der Waals surface area contributed by atoms with Crippen LogP contribution >= 0.6 is 11.8 Å². The lowest BCUT2D eigenvalue weighted by Crippen LogP contribution is -2.29. The Bertz CT molecular complexity index is 130. The number of rotatable bonds is 6. The molecule has 12 heavy (non-hydrogen) atoms. The maximum absolute atomic E-state index is 11.3. The zero-order valence-electron chi connectivity index (χ0n) is 7.88. The van der Waals surface area contributed by atoms with Crippen LogP contribution in [0.4, 0.5) is 0 Å². The van der Waals surface area contributed by atoms with E-state index < -0.39 is 0 Å². The Kier molecular flexibility index (Phi) is 7.29. The Hall–Kier alpha value is -0.220. The molecule has 0 saturated carbocycles. The molecule has 0 aromatic carbocycles. The van der Waals surface area contributed by atoms with E-state index in [1.165, 1.54) is 0 Å². The van der Waals surface area contributed by atoms with E-state index in [-0.39, 0.29) is 5.91 Å². The number of carbonyl (C=O) groups excluding carboxylic acids is 1. The first-order valence-electron chi connectivity index (χ1n) is 4.15. The molecule has 0 bridgehead atoms. The van der Waals surface area contributed by atoms with E-state index in [0.29, 0.717) is 13.0 Å². The maximum atomic E-state index is 11.3. The normalized spacial score (nSPS) is 9.92. The average Bonchev–Trinajstić information content (AvgIpc) is 2.10. The SMILES string of the molecule is CSCCC(=O)N(C)CCCN. The highest BCUT2D eigenvalue weighted by Crippen LogP contribution is 1.99. The first-order chi connectivity index (χ1) is 5.72. The van der Waals surface area contributed by atoms with Crippen LogP contribution in [0.25, 0.3) is 0 Å². The summed E-state index contributed by atoms with van der Waals surface area (Å²) < 4.78 is 0. The first-order valence-corrected chi connectivity index (χ1v) is 5.54. The topological polar surface area (TPSA) is 46.3 Å². The molecule has 1 amide bonds. The number of thioether (sulfide) groups is 1. The van der Waals surface area contributed by atoms with Gasteiger partial charge in [-0.15, -0.1) is 0 Å². The smallest absolute Gasteiger partial charge is 0.223 e. The van der Waals surface area contributed by atoms with Gasteiger partial charge >= 0.3 is 0 Å². The van der Waals surface area contributed by atoms with E-state index in [9.17, 15) is 4.79 Å². The molecule has 0 aromatic rings. The van der Waals surface area contributed by atoms with E-state index in [0.717, 1.165) is 18.7 Å². The van der Waals surface area contributed by atoms with Gasteiger partial charge in [-0.25, -0.2) is 0 Å². The van der Waals surface area contributed by atoms with Crippen molar-refractivity contribution >= 4 is 17.7 Å². The minimum atomic E-state index is 0.220. The van der Waals surface area contributed by atoms with Crippen molar-refractivity contribution in [3.05, 3.63) is 0 Å². The van der Waals surface area contributed by atoms with Crippen LogP contribution in [-0.4, -0.2) is 43.0 Å². The summed E-state index contributed by atoms with van der Waals surface area (Å²) in [5.41, 5.74) is 5.34. The Morgan fingerprint density at radius 3 is 2.75 bits per heavy atom. The third kappa shape index (κ3) is 5.43. The van der Waals surface area contributed by atoms with Crippen LogP contribution in [0.1, 0.15) is 12.8 Å². The van der Waals surface area contributed by atoms with Crippen molar-refractivity contribution in [1.82, 2.24) is 4.90 Å². The van der Waals surface area contributed by atoms with Crippen LogP contribution < -0.4 is 5.73 Å². The van der Waals surface area contributed by atoms with Crippen molar-refractivity contribution in [1.29, 1.82) is 0 Å². The zero-order chi connectivity index (χ0) is 9.40. The Morgan fingerprint density at radius 1 is 1.58 bits per heavy atom. The van der Waals surface area contributed by atoms with E-state index in [4.69, 9.17) is 5.73 Å². The Labute approximate surface area is 78.7 Å². The molecule has 0 aliphatic heterocycles. The van der Waals surface area contributed by atoms with Crippen molar-refractivity contribution in [3.63, 3.8) is 0 Å². The molecular formula is C8H18N2OS. The van der Waals surface area contributed by atoms with Gasteiger partial charge in [0.05, 0.1) is 0 Å². The summed E-state index contributed by atoms with van der Waals surface area (Å²) in [4.78, 5) is 13.0. The molecule has 2 N–H and O–H groups in total. The third-order valence-electron chi connectivity index (χ3n) is 1.64. The highest BCUT2D eigenvalue weighted by molar-refractivity contribution is 7.98. The van der Waals surface area contributed by atoms with Gasteiger partial charge in [-0.3, -0.25) is 4.79 Å². The minimum Gasteiger partial charge on any atom is -0.346 e. The summed E-state index contributed by atoms with van der Waals surface area (Å²) in [6.07, 6.45) is 3.54. The van der Waals surface area contributed by atoms with E-state index in [1.54, 1.807) is 16.7 Å². The Morgan fingerprint density at radius 2 is 2.25 bits per heavy atom. The van der Waals surface area contributed by atoms with Crippen molar-refractivity contribution < 1.29 is 4.79 Å². The van der Waals surface area contributed by atoms with Crippen LogP contribution in [0.2, 0.25) is 0 Å². The molecule has 0 saturated heterocycles. The molecule has 0 heterocycles. The molecule has 0 aliphatic carbocycles. The van der Waals surface area contributed by atoms with Crippen LogP contribution in [0.5, 0.6) is 0 Å². The van der Waals surface area contributed by atoms with E-state index in [2.05, 4.69) is 0 Å². The molecule has 72 valence electrons. The number of hydrogen-bond acceptors (Lipinski definition) is 3. The Balaban J connectivity index is 3.47. The second kappa shape index (κ2) is 7.43. The van der Waals surface area contributed by atoms with Gasteiger partial charge in [-0.05, 0) is 19.2 Å². The molecular weight excluding hydrogens is 172 g/mol. The van der Waals surface area contributed by atoms with Gasteiger partial charge in [0.15, 0.2) is 0 Å². The fraction of sp³-hybridized carbons (Fsp3) is 0.875. The molecule has 0 unspecified atom stereocenters. The molecule has 3 nitrogen and oxygen atoms in total. The number of amides is 1. The predicted octanol–water partition coefficient (Wildman–Crippen LogP) is 0.547. The second-order valence-electron chi connectivity index (χ2n) is 2.70. The minimum absolute atomic E-state index is 0.220. The van der Waals surface area contributed by atoms with Crippen LogP contribution in [0.3, 0.4) is 0 Å². The summed E-state index contributed by atoms with van der Waals surface area (Å²) in [5.74, 6) is 1.13. The molecule has 4 heteroatoms. The zero-order valence-corrected chi connectivity index (χ0v) is 8.69. The summed E-state index contributed by atoms with van der Waals surface area (Å²) >= 11 is 1.70. The number of nitrogens with zero attached hydrogens (tertiary/aromatic N) is 1.